The van der Waals surface area contributed by atoms with Gasteiger partial charge in [0.2, 0.25) is 0 Å². The van der Waals surface area contributed by atoms with Crippen LogP contribution in [0.4, 0.5) is 0 Å². The van der Waals surface area contributed by atoms with Crippen LogP contribution in [0, 0.1) is 0 Å². The molecule has 5 nitrogen and oxygen atoms in total. The number of ether oxygens (including phenoxy) is 2. The van der Waals surface area contributed by atoms with E-state index in [1.165, 1.54) is 0 Å². The summed E-state index contributed by atoms with van der Waals surface area (Å²) in [6.07, 6.45) is 1.50. The van der Waals surface area contributed by atoms with Crippen LogP contribution in [0.1, 0.15) is 37.0 Å². The molecule has 0 amide bonds. The molecule has 0 spiro atoms. The molecule has 3 N–H and O–H groups in total. The number of carbonyl (C=O) groups excluding carboxylic acids is 1. The van der Waals surface area contributed by atoms with Gasteiger partial charge in [0, 0.05) is 19.1 Å². The topological polar surface area (TPSA) is 81.8 Å². The Morgan fingerprint density at radius 1 is 1.50 bits per heavy atom. The largest absolute Gasteiger partial charge is 0.508 e. The van der Waals surface area contributed by atoms with Crippen molar-refractivity contribution in [1.82, 2.24) is 0 Å². The zero-order valence-electron chi connectivity index (χ0n) is 11.7. The highest BCUT2D eigenvalue weighted by molar-refractivity contribution is 5.69. The number of esters is 1. The third-order valence-corrected chi connectivity index (χ3v) is 3.41. The van der Waals surface area contributed by atoms with Crippen LogP contribution in [0.25, 0.3) is 0 Å². The summed E-state index contributed by atoms with van der Waals surface area (Å²) >= 11 is 0. The lowest BCUT2D eigenvalue weighted by Gasteiger charge is -2.17. The molecule has 0 aliphatic heterocycles. The molecule has 0 heterocycles. The zero-order chi connectivity index (χ0) is 14.5. The number of aromatic hydroxyl groups is 1. The van der Waals surface area contributed by atoms with E-state index in [0.717, 1.165) is 17.5 Å². The predicted molar refractivity (Wildman–Crippen MR) is 74.3 cm³/mol. The highest BCUT2D eigenvalue weighted by Gasteiger charge is 2.30. The first-order valence-electron chi connectivity index (χ1n) is 6.96. The van der Waals surface area contributed by atoms with E-state index in [-0.39, 0.29) is 23.9 Å². The van der Waals surface area contributed by atoms with Crippen molar-refractivity contribution in [2.45, 2.75) is 38.3 Å². The highest BCUT2D eigenvalue weighted by Crippen LogP contribution is 2.35. The van der Waals surface area contributed by atoms with Gasteiger partial charge >= 0.3 is 5.97 Å². The van der Waals surface area contributed by atoms with Crippen LogP contribution in [0.15, 0.2) is 18.2 Å². The van der Waals surface area contributed by atoms with Crippen LogP contribution in [-0.2, 0) is 20.7 Å². The minimum atomic E-state index is -0.209. The monoisotopic (exact) mass is 279 g/mol. The summed E-state index contributed by atoms with van der Waals surface area (Å²) in [5, 5.41) is 9.55. The molecule has 2 atom stereocenters. The minimum absolute atomic E-state index is 0.102. The zero-order valence-corrected chi connectivity index (χ0v) is 11.7. The second-order valence-corrected chi connectivity index (χ2v) is 4.95. The third-order valence-electron chi connectivity index (χ3n) is 3.41. The average Bonchev–Trinajstić information content (AvgIpc) is 2.71. The maximum Gasteiger partial charge on any atom is 0.305 e. The van der Waals surface area contributed by atoms with Crippen molar-refractivity contribution in [3.63, 3.8) is 0 Å². The number of hydrogen-bond donors (Lipinski definition) is 2. The lowest BCUT2D eigenvalue weighted by molar-refractivity contribution is -0.143. The number of phenols is 1. The molecule has 2 unspecified atom stereocenters. The third kappa shape index (κ3) is 3.49. The van der Waals surface area contributed by atoms with E-state index >= 15 is 0 Å². The Kier molecular flexibility index (Phi) is 4.98. The van der Waals surface area contributed by atoms with Crippen molar-refractivity contribution in [3.8, 4) is 5.75 Å². The first kappa shape index (κ1) is 14.8. The van der Waals surface area contributed by atoms with Gasteiger partial charge in [0.1, 0.15) is 5.75 Å². The van der Waals surface area contributed by atoms with Gasteiger partial charge < -0.3 is 20.3 Å². The normalized spacial score (nSPS) is 20.7. The summed E-state index contributed by atoms with van der Waals surface area (Å²) in [7, 11) is 0. The molecule has 5 heteroatoms. The summed E-state index contributed by atoms with van der Waals surface area (Å²) in [5.74, 6) is 0.0165. The summed E-state index contributed by atoms with van der Waals surface area (Å²) in [4.78, 5) is 11.2. The van der Waals surface area contributed by atoms with Gasteiger partial charge in [-0.3, -0.25) is 4.79 Å². The summed E-state index contributed by atoms with van der Waals surface area (Å²) in [6, 6.07) is 5.15. The van der Waals surface area contributed by atoms with E-state index in [9.17, 15) is 9.90 Å². The number of rotatable bonds is 6. The number of phenolic OH excluding ortho intramolecular Hbond substituents is 1. The van der Waals surface area contributed by atoms with E-state index in [4.69, 9.17) is 15.2 Å². The maximum atomic E-state index is 11.2. The average molecular weight is 279 g/mol. The van der Waals surface area contributed by atoms with Crippen molar-refractivity contribution in [2.75, 3.05) is 13.2 Å². The van der Waals surface area contributed by atoms with Crippen molar-refractivity contribution >= 4 is 5.97 Å². The number of carbonyl (C=O) groups is 1. The molecule has 0 fully saturated rings. The second-order valence-electron chi connectivity index (χ2n) is 4.95. The molecule has 110 valence electrons. The van der Waals surface area contributed by atoms with E-state index in [0.29, 0.717) is 26.1 Å². The Balaban J connectivity index is 1.85. The molecule has 20 heavy (non-hydrogen) atoms. The second kappa shape index (κ2) is 6.72. The number of nitrogens with two attached hydrogens (primary N) is 1. The van der Waals surface area contributed by atoms with Crippen molar-refractivity contribution in [2.24, 2.45) is 5.73 Å². The number of benzene rings is 1. The smallest absolute Gasteiger partial charge is 0.305 e. The molecule has 0 aromatic heterocycles. The van der Waals surface area contributed by atoms with Gasteiger partial charge in [0.05, 0.1) is 12.7 Å². The van der Waals surface area contributed by atoms with Crippen molar-refractivity contribution < 1.29 is 19.4 Å². The van der Waals surface area contributed by atoms with Crippen molar-refractivity contribution in [3.05, 3.63) is 29.3 Å². The van der Waals surface area contributed by atoms with Gasteiger partial charge in [-0.15, -0.1) is 0 Å². The Morgan fingerprint density at radius 2 is 2.30 bits per heavy atom. The Morgan fingerprint density at radius 3 is 3.05 bits per heavy atom. The van der Waals surface area contributed by atoms with Crippen LogP contribution in [0.5, 0.6) is 5.75 Å². The van der Waals surface area contributed by atoms with E-state index in [2.05, 4.69) is 0 Å². The quantitative estimate of drug-likeness (QED) is 0.611. The van der Waals surface area contributed by atoms with E-state index in [1.54, 1.807) is 19.1 Å². The molecule has 2 rings (SSSR count). The summed E-state index contributed by atoms with van der Waals surface area (Å²) in [5.41, 5.74) is 8.14. The molecule has 1 aliphatic rings. The Labute approximate surface area is 118 Å². The van der Waals surface area contributed by atoms with Gasteiger partial charge in [-0.2, -0.15) is 0 Å². The lowest BCUT2D eigenvalue weighted by Crippen LogP contribution is -2.27. The molecule has 0 saturated carbocycles. The summed E-state index contributed by atoms with van der Waals surface area (Å²) < 4.78 is 10.6. The van der Waals surface area contributed by atoms with Crippen LogP contribution >= 0.6 is 0 Å². The van der Waals surface area contributed by atoms with Gasteiger partial charge in [-0.1, -0.05) is 6.07 Å². The van der Waals surface area contributed by atoms with E-state index in [1.807, 2.05) is 6.07 Å². The van der Waals surface area contributed by atoms with Gasteiger partial charge in [-0.05, 0) is 43.0 Å². The standard InChI is InChI=1S/C15H21NO4/c1-2-19-14(18)4-3-7-20-15-12-9-11(17)6-5-10(12)8-13(15)16/h5-6,9,13,15,17H,2-4,7-8,16H2,1H3. The van der Waals surface area contributed by atoms with Crippen LogP contribution < -0.4 is 5.73 Å². The van der Waals surface area contributed by atoms with Gasteiger partial charge in [0.15, 0.2) is 0 Å². The number of hydrogen-bond acceptors (Lipinski definition) is 5. The molecule has 1 aromatic rings. The number of fused-ring (bicyclic) bond motifs is 1. The molecule has 1 aromatic carbocycles. The van der Waals surface area contributed by atoms with Crippen LogP contribution in [-0.4, -0.2) is 30.3 Å². The minimum Gasteiger partial charge on any atom is -0.508 e. The molecular formula is C15H21NO4. The molecule has 0 radical (unpaired) electrons. The van der Waals surface area contributed by atoms with Crippen LogP contribution in [0.3, 0.4) is 0 Å². The molecular weight excluding hydrogens is 258 g/mol. The summed E-state index contributed by atoms with van der Waals surface area (Å²) in [6.45, 7) is 2.64. The fourth-order valence-electron chi connectivity index (χ4n) is 2.50. The molecule has 1 aliphatic carbocycles. The van der Waals surface area contributed by atoms with Crippen LogP contribution in [0.2, 0.25) is 0 Å². The van der Waals surface area contributed by atoms with Gasteiger partial charge in [0.25, 0.3) is 0 Å². The molecule has 0 saturated heterocycles. The van der Waals surface area contributed by atoms with E-state index < -0.39 is 0 Å². The Bertz CT molecular complexity index is 475. The first-order chi connectivity index (χ1) is 9.61. The van der Waals surface area contributed by atoms with Gasteiger partial charge in [-0.25, -0.2) is 0 Å². The fraction of sp³-hybridized carbons (Fsp3) is 0.533. The highest BCUT2D eigenvalue weighted by atomic mass is 16.5. The maximum absolute atomic E-state index is 11.2. The Hall–Kier alpha value is -1.59. The first-order valence-corrected chi connectivity index (χ1v) is 6.96. The predicted octanol–water partition coefficient (Wildman–Crippen LogP) is 1.68. The fourth-order valence-corrected chi connectivity index (χ4v) is 2.50. The SMILES string of the molecule is CCOC(=O)CCCOC1c2cc(O)ccc2CC1N. The van der Waals surface area contributed by atoms with Crippen molar-refractivity contribution in [1.29, 1.82) is 0 Å². The molecule has 0 bridgehead atoms. The lowest BCUT2D eigenvalue weighted by atomic mass is 10.1.